The van der Waals surface area contributed by atoms with Gasteiger partial charge in [0, 0.05) is 17.5 Å². The van der Waals surface area contributed by atoms with E-state index in [1.54, 1.807) is 12.1 Å². The minimum Gasteiger partial charge on any atom is -0.494 e. The number of benzene rings is 3. The van der Waals surface area contributed by atoms with Crippen LogP contribution in [0.1, 0.15) is 85.3 Å². The van der Waals surface area contributed by atoms with Crippen LogP contribution in [-0.2, 0) is 17.6 Å². The van der Waals surface area contributed by atoms with Crippen molar-refractivity contribution in [1.29, 1.82) is 0 Å². The number of carbonyl (C=O) groups excluding carboxylic acids is 1. The van der Waals surface area contributed by atoms with Crippen LogP contribution in [0.4, 0.5) is 11.4 Å². The Kier molecular flexibility index (Phi) is 12.8. The molecule has 0 saturated carbocycles. The molecule has 0 radical (unpaired) electrons. The topological polar surface area (TPSA) is 125 Å². The van der Waals surface area contributed by atoms with E-state index < -0.39 is 11.9 Å². The zero-order chi connectivity index (χ0) is 29.5. The number of unbranched alkanes of at least 4 members (excludes halogenated alkanes) is 6. The summed E-state index contributed by atoms with van der Waals surface area (Å²) < 4.78 is 11.2. The summed E-state index contributed by atoms with van der Waals surface area (Å²) in [6.07, 6.45) is 13.2. The predicted octanol–water partition coefficient (Wildman–Crippen LogP) is 7.47. The molecule has 0 unspecified atom stereocenters. The molecule has 218 valence electrons. The van der Waals surface area contributed by atoms with E-state index in [1.165, 1.54) is 17.7 Å². The maximum Gasteiger partial charge on any atom is 0.336 e. The largest absolute Gasteiger partial charge is 0.494 e. The number of rotatable bonds is 17. The Bertz CT molecular complexity index is 1280. The second kappa shape index (κ2) is 16.8. The third-order valence-corrected chi connectivity index (χ3v) is 6.88. The van der Waals surface area contributed by atoms with Gasteiger partial charge in [0.1, 0.15) is 11.5 Å². The van der Waals surface area contributed by atoms with Gasteiger partial charge in [0.2, 0.25) is 0 Å². The summed E-state index contributed by atoms with van der Waals surface area (Å²) in [4.78, 5) is 23.6. The van der Waals surface area contributed by atoms with E-state index in [4.69, 9.17) is 20.9 Å². The molecule has 3 rings (SSSR count). The van der Waals surface area contributed by atoms with Crippen LogP contribution in [0.5, 0.6) is 11.5 Å². The van der Waals surface area contributed by atoms with Gasteiger partial charge in [0.05, 0.1) is 12.2 Å². The quantitative estimate of drug-likeness (QED) is 0.0516. The molecule has 0 saturated heterocycles. The van der Waals surface area contributed by atoms with Crippen molar-refractivity contribution in [2.24, 2.45) is 0 Å². The number of carboxylic acids is 1. The van der Waals surface area contributed by atoms with Gasteiger partial charge in [-0.15, -0.1) is 0 Å². The number of nitrogens with two attached hydrogens (primary N) is 2. The molecule has 0 amide bonds. The Labute approximate surface area is 243 Å². The third-order valence-electron chi connectivity index (χ3n) is 6.88. The van der Waals surface area contributed by atoms with Crippen LogP contribution in [-0.4, -0.2) is 23.7 Å². The Morgan fingerprint density at radius 2 is 1.46 bits per heavy atom. The normalized spacial score (nSPS) is 11.0. The molecular formula is C34H42N2O5. The van der Waals surface area contributed by atoms with Gasteiger partial charge >= 0.3 is 11.9 Å². The lowest BCUT2D eigenvalue weighted by Crippen LogP contribution is -2.07. The van der Waals surface area contributed by atoms with E-state index in [-0.39, 0.29) is 5.56 Å². The number of ether oxygens (including phenoxy) is 2. The molecule has 5 N–H and O–H groups in total. The molecule has 0 bridgehead atoms. The van der Waals surface area contributed by atoms with Crippen LogP contribution in [0.2, 0.25) is 0 Å². The van der Waals surface area contributed by atoms with Crippen LogP contribution in [0.15, 0.2) is 66.7 Å². The van der Waals surface area contributed by atoms with Crippen molar-refractivity contribution < 1.29 is 24.2 Å². The summed E-state index contributed by atoms with van der Waals surface area (Å²) in [5, 5.41) is 9.40. The summed E-state index contributed by atoms with van der Waals surface area (Å²) in [6, 6.07) is 18.4. The number of hydrogen-bond acceptors (Lipinski definition) is 6. The molecule has 3 aromatic rings. The summed E-state index contributed by atoms with van der Waals surface area (Å²) in [5.74, 6) is -0.0693. The van der Waals surface area contributed by atoms with Gasteiger partial charge < -0.3 is 26.0 Å². The first kappa shape index (κ1) is 31.3. The number of aryl methyl sites for hydroxylation is 1. The molecule has 7 heteroatoms. The molecule has 0 aliphatic carbocycles. The Hall–Kier alpha value is -4.26. The molecule has 0 aliphatic rings. The SMILES string of the molecule is CCCCc1ccc(OC(=O)/C=C/c2ccc(OCCCCCCCCc3c(N)cc(N)cc3C(=O)O)cc2)cc1. The van der Waals surface area contributed by atoms with E-state index >= 15 is 0 Å². The molecule has 3 aromatic carbocycles. The molecule has 0 spiro atoms. The van der Waals surface area contributed by atoms with E-state index in [0.29, 0.717) is 35.7 Å². The Morgan fingerprint density at radius 1 is 0.805 bits per heavy atom. The summed E-state index contributed by atoms with van der Waals surface area (Å²) >= 11 is 0. The minimum atomic E-state index is -0.996. The highest BCUT2D eigenvalue weighted by atomic mass is 16.5. The second-order valence-electron chi connectivity index (χ2n) is 10.2. The van der Waals surface area contributed by atoms with E-state index in [1.807, 2.05) is 48.5 Å². The van der Waals surface area contributed by atoms with Crippen LogP contribution in [0.25, 0.3) is 6.08 Å². The van der Waals surface area contributed by atoms with Crippen molar-refractivity contribution in [3.63, 3.8) is 0 Å². The van der Waals surface area contributed by atoms with Gasteiger partial charge in [-0.25, -0.2) is 9.59 Å². The minimum absolute atomic E-state index is 0.199. The van der Waals surface area contributed by atoms with Gasteiger partial charge in [-0.1, -0.05) is 63.3 Å². The van der Waals surface area contributed by atoms with Crippen molar-refractivity contribution in [2.45, 2.75) is 71.1 Å². The van der Waals surface area contributed by atoms with Crippen LogP contribution < -0.4 is 20.9 Å². The van der Waals surface area contributed by atoms with E-state index in [2.05, 4.69) is 6.92 Å². The van der Waals surface area contributed by atoms with E-state index in [0.717, 1.165) is 69.1 Å². The van der Waals surface area contributed by atoms with Crippen molar-refractivity contribution in [2.75, 3.05) is 18.1 Å². The maximum absolute atomic E-state index is 12.2. The first-order chi connectivity index (χ1) is 19.9. The number of nitrogen functional groups attached to an aromatic ring is 2. The number of esters is 1. The first-order valence-corrected chi connectivity index (χ1v) is 14.5. The number of hydrogen-bond donors (Lipinski definition) is 3. The summed E-state index contributed by atoms with van der Waals surface area (Å²) in [6.45, 7) is 2.81. The fourth-order valence-corrected chi connectivity index (χ4v) is 4.58. The number of carbonyl (C=O) groups is 2. The zero-order valence-corrected chi connectivity index (χ0v) is 23.9. The zero-order valence-electron chi connectivity index (χ0n) is 23.9. The highest BCUT2D eigenvalue weighted by Crippen LogP contribution is 2.24. The predicted molar refractivity (Wildman–Crippen MR) is 165 cm³/mol. The van der Waals surface area contributed by atoms with E-state index in [9.17, 15) is 14.7 Å². The molecular weight excluding hydrogens is 516 g/mol. The molecule has 7 nitrogen and oxygen atoms in total. The molecule has 0 fully saturated rings. The summed E-state index contributed by atoms with van der Waals surface area (Å²) in [5.41, 5.74) is 15.6. The maximum atomic E-state index is 12.2. The third kappa shape index (κ3) is 11.0. The monoisotopic (exact) mass is 558 g/mol. The van der Waals surface area contributed by atoms with Crippen LogP contribution in [0.3, 0.4) is 0 Å². The fourth-order valence-electron chi connectivity index (χ4n) is 4.58. The highest BCUT2D eigenvalue weighted by Gasteiger charge is 2.14. The lowest BCUT2D eigenvalue weighted by Gasteiger charge is -2.11. The highest BCUT2D eigenvalue weighted by molar-refractivity contribution is 5.92. The molecule has 0 heterocycles. The smallest absolute Gasteiger partial charge is 0.336 e. The molecule has 0 aliphatic heterocycles. The van der Waals surface area contributed by atoms with Crippen molar-refractivity contribution >= 4 is 29.4 Å². The number of carboxylic acid groups (broad SMARTS) is 1. The molecule has 0 atom stereocenters. The molecule has 0 aromatic heterocycles. The van der Waals surface area contributed by atoms with Crippen molar-refractivity contribution in [1.82, 2.24) is 0 Å². The average Bonchev–Trinajstić information content (AvgIpc) is 2.96. The first-order valence-electron chi connectivity index (χ1n) is 14.5. The Balaban J connectivity index is 1.28. The summed E-state index contributed by atoms with van der Waals surface area (Å²) in [7, 11) is 0. The number of anilines is 2. The van der Waals surface area contributed by atoms with Crippen LogP contribution in [0, 0.1) is 0 Å². The fraction of sp³-hybridized carbons (Fsp3) is 0.353. The average molecular weight is 559 g/mol. The lowest BCUT2D eigenvalue weighted by atomic mass is 9.98. The van der Waals surface area contributed by atoms with Gasteiger partial charge in [0.15, 0.2) is 0 Å². The van der Waals surface area contributed by atoms with Crippen molar-refractivity contribution in [3.8, 4) is 11.5 Å². The second-order valence-corrected chi connectivity index (χ2v) is 10.2. The van der Waals surface area contributed by atoms with Crippen molar-refractivity contribution in [3.05, 3.63) is 89.0 Å². The van der Waals surface area contributed by atoms with Gasteiger partial charge in [-0.05, 0) is 91.3 Å². The van der Waals surface area contributed by atoms with Gasteiger partial charge in [0.25, 0.3) is 0 Å². The standard InChI is InChI=1S/C34H42N2O5/c1-2-3-10-25-14-19-29(20-15-25)41-33(37)21-16-26-12-17-28(18-13-26)40-22-9-7-5-4-6-8-11-30-31(34(38)39)23-27(35)24-32(30)36/h12-21,23-24H,2-11,22,35-36H2,1H3,(H,38,39)/b21-16+. The Morgan fingerprint density at radius 3 is 2.15 bits per heavy atom. The van der Waals surface area contributed by atoms with Gasteiger partial charge in [-0.3, -0.25) is 0 Å². The molecule has 41 heavy (non-hydrogen) atoms. The van der Waals surface area contributed by atoms with Gasteiger partial charge in [-0.2, -0.15) is 0 Å². The number of aromatic carboxylic acids is 1. The van der Waals surface area contributed by atoms with Crippen LogP contribution >= 0.6 is 0 Å². The lowest BCUT2D eigenvalue weighted by molar-refractivity contribution is -0.128.